The van der Waals surface area contributed by atoms with Gasteiger partial charge in [0.25, 0.3) is 0 Å². The number of nitrogens with zero attached hydrogens (tertiary/aromatic N) is 4. The molecular weight excluding hydrogens is 506 g/mol. The van der Waals surface area contributed by atoms with E-state index in [2.05, 4.69) is 43.1 Å². The van der Waals surface area contributed by atoms with E-state index in [0.29, 0.717) is 31.1 Å². The third-order valence-electron chi connectivity index (χ3n) is 7.48. The second kappa shape index (κ2) is 11.8. The smallest absolute Gasteiger partial charge is 0.243 e. The molecule has 0 radical (unpaired) electrons. The second-order valence-electron chi connectivity index (χ2n) is 10.3. The molecule has 0 spiro atoms. The van der Waals surface area contributed by atoms with Crippen LogP contribution in [0.15, 0.2) is 77.7 Å². The number of aromatic nitrogens is 2. The number of fused-ring (bicyclic) bond motifs is 1. The molecule has 0 amide bonds. The molecule has 2 heterocycles. The maximum atomic E-state index is 13.3. The first kappa shape index (κ1) is 27.2. The minimum absolute atomic E-state index is 0.0598. The summed E-state index contributed by atoms with van der Waals surface area (Å²) in [6.45, 7) is 8.43. The van der Waals surface area contributed by atoms with Crippen LogP contribution in [-0.4, -0.2) is 53.8 Å². The molecule has 1 aromatic heterocycles. The molecule has 1 aliphatic heterocycles. The maximum Gasteiger partial charge on any atom is 0.243 e. The molecule has 0 bridgehead atoms. The van der Waals surface area contributed by atoms with Crippen molar-refractivity contribution < 1.29 is 8.42 Å². The van der Waals surface area contributed by atoms with Crippen molar-refractivity contribution in [3.05, 3.63) is 89.7 Å². The number of sulfonamides is 1. The van der Waals surface area contributed by atoms with Crippen LogP contribution in [0.1, 0.15) is 49.7 Å². The van der Waals surface area contributed by atoms with E-state index in [1.54, 1.807) is 16.4 Å². The Labute approximate surface area is 232 Å². The molecule has 0 unspecified atom stereocenters. The van der Waals surface area contributed by atoms with Crippen molar-refractivity contribution in [2.75, 3.05) is 31.5 Å². The Hall–Kier alpha value is -3.33. The molecule has 1 N–H and O–H groups in total. The van der Waals surface area contributed by atoms with E-state index in [9.17, 15) is 8.42 Å². The van der Waals surface area contributed by atoms with Crippen LogP contribution in [0.2, 0.25) is 0 Å². The highest BCUT2D eigenvalue weighted by Gasteiger charge is 2.31. The van der Waals surface area contributed by atoms with Crippen LogP contribution in [0.5, 0.6) is 0 Å². The van der Waals surface area contributed by atoms with Gasteiger partial charge in [-0.2, -0.15) is 4.31 Å². The van der Waals surface area contributed by atoms with Crippen molar-refractivity contribution in [3.8, 4) is 0 Å². The van der Waals surface area contributed by atoms with E-state index in [4.69, 9.17) is 9.97 Å². The molecule has 5 rings (SSSR count). The number of benzene rings is 3. The van der Waals surface area contributed by atoms with E-state index in [1.807, 2.05) is 48.5 Å². The van der Waals surface area contributed by atoms with Crippen LogP contribution in [0.3, 0.4) is 0 Å². The van der Waals surface area contributed by atoms with Gasteiger partial charge in [-0.15, -0.1) is 0 Å². The Bertz CT molecular complexity index is 1530. The number of rotatable bonds is 9. The number of anilines is 2. The van der Waals surface area contributed by atoms with Crippen LogP contribution in [0, 0.1) is 6.92 Å². The second-order valence-corrected chi connectivity index (χ2v) is 12.2. The number of hydrogen-bond donors (Lipinski definition) is 1. The van der Waals surface area contributed by atoms with Gasteiger partial charge >= 0.3 is 0 Å². The average molecular weight is 544 g/mol. The first-order valence-corrected chi connectivity index (χ1v) is 15.2. The van der Waals surface area contributed by atoms with Crippen LogP contribution in [-0.2, 0) is 16.4 Å². The Kier molecular flexibility index (Phi) is 8.26. The zero-order chi connectivity index (χ0) is 27.4. The average Bonchev–Trinajstić information content (AvgIpc) is 2.96. The van der Waals surface area contributed by atoms with Crippen molar-refractivity contribution in [1.82, 2.24) is 19.2 Å². The molecule has 4 aromatic rings. The molecule has 0 saturated carbocycles. The lowest BCUT2D eigenvalue weighted by molar-refractivity contribution is 0.141. The molecule has 39 heavy (non-hydrogen) atoms. The predicted molar refractivity (Wildman–Crippen MR) is 158 cm³/mol. The van der Waals surface area contributed by atoms with E-state index < -0.39 is 10.0 Å². The normalized spacial score (nSPS) is 15.9. The number of aryl methyl sites for hydroxylation is 2. The highest BCUT2D eigenvalue weighted by Crippen LogP contribution is 2.29. The monoisotopic (exact) mass is 543 g/mol. The third kappa shape index (κ3) is 6.13. The minimum Gasteiger partial charge on any atom is -0.340 e. The summed E-state index contributed by atoms with van der Waals surface area (Å²) < 4.78 is 28.2. The van der Waals surface area contributed by atoms with Crippen molar-refractivity contribution in [2.24, 2.45) is 0 Å². The van der Waals surface area contributed by atoms with E-state index in [0.717, 1.165) is 47.5 Å². The van der Waals surface area contributed by atoms with Gasteiger partial charge in [-0.25, -0.2) is 18.4 Å². The fraction of sp³-hybridized carbons (Fsp3) is 0.355. The molecule has 3 aromatic carbocycles. The summed E-state index contributed by atoms with van der Waals surface area (Å²) in [5, 5.41) is 4.45. The summed E-state index contributed by atoms with van der Waals surface area (Å²) in [5.41, 5.74) is 4.22. The van der Waals surface area contributed by atoms with E-state index in [-0.39, 0.29) is 6.04 Å². The SMILES string of the molecule is CCCCc1ccc(S(=O)(=O)N2CCN([C@@H](C)c3nc(Nc4cccc(C)c4)c4ccccc4n3)CC2)cc1. The van der Waals surface area contributed by atoms with Crippen molar-refractivity contribution in [1.29, 1.82) is 0 Å². The van der Waals surface area contributed by atoms with Crippen LogP contribution in [0.25, 0.3) is 10.9 Å². The number of para-hydroxylation sites is 1. The number of hydrogen-bond acceptors (Lipinski definition) is 6. The Morgan fingerprint density at radius 3 is 2.38 bits per heavy atom. The summed E-state index contributed by atoms with van der Waals surface area (Å²) in [6.07, 6.45) is 3.21. The number of nitrogens with one attached hydrogen (secondary N) is 1. The lowest BCUT2D eigenvalue weighted by atomic mass is 10.1. The minimum atomic E-state index is -3.52. The summed E-state index contributed by atoms with van der Waals surface area (Å²) >= 11 is 0. The fourth-order valence-corrected chi connectivity index (χ4v) is 6.51. The van der Waals surface area contributed by atoms with Gasteiger partial charge in [-0.05, 0) is 74.2 Å². The van der Waals surface area contributed by atoms with E-state index in [1.165, 1.54) is 11.1 Å². The molecule has 1 saturated heterocycles. The van der Waals surface area contributed by atoms with Crippen LogP contribution < -0.4 is 5.32 Å². The van der Waals surface area contributed by atoms with Gasteiger partial charge in [0.2, 0.25) is 10.0 Å². The van der Waals surface area contributed by atoms with Gasteiger partial charge in [-0.3, -0.25) is 4.90 Å². The molecule has 7 nitrogen and oxygen atoms in total. The zero-order valence-electron chi connectivity index (χ0n) is 23.0. The van der Waals surface area contributed by atoms with Gasteiger partial charge in [-0.1, -0.05) is 49.7 Å². The molecule has 1 atom stereocenters. The quantitative estimate of drug-likeness (QED) is 0.275. The molecule has 1 fully saturated rings. The summed E-state index contributed by atoms with van der Waals surface area (Å²) in [4.78, 5) is 12.5. The topological polar surface area (TPSA) is 78.4 Å². The lowest BCUT2D eigenvalue weighted by Crippen LogP contribution is -2.49. The first-order chi connectivity index (χ1) is 18.8. The predicted octanol–water partition coefficient (Wildman–Crippen LogP) is 6.09. The fourth-order valence-electron chi connectivity index (χ4n) is 5.09. The van der Waals surface area contributed by atoms with Crippen molar-refractivity contribution >= 4 is 32.4 Å². The summed E-state index contributed by atoms with van der Waals surface area (Å²) in [5.74, 6) is 1.50. The first-order valence-electron chi connectivity index (χ1n) is 13.8. The van der Waals surface area contributed by atoms with Gasteiger partial charge in [0, 0.05) is 37.3 Å². The lowest BCUT2D eigenvalue weighted by Gasteiger charge is -2.37. The zero-order valence-corrected chi connectivity index (χ0v) is 23.8. The van der Waals surface area contributed by atoms with Crippen LogP contribution in [0.4, 0.5) is 11.5 Å². The Morgan fingerprint density at radius 2 is 1.67 bits per heavy atom. The Morgan fingerprint density at radius 1 is 0.923 bits per heavy atom. The van der Waals surface area contributed by atoms with Crippen molar-refractivity contribution in [3.63, 3.8) is 0 Å². The standard InChI is InChI=1S/C31H37N5O2S/c1-4-5-10-25-14-16-27(17-15-25)39(37,38)36-20-18-35(19-21-36)24(3)30-33-29-13-7-6-12-28(29)31(34-30)32-26-11-8-9-23(2)22-26/h6-9,11-17,22,24H,4-5,10,18-21H2,1-3H3,(H,32,33,34)/t24-/m0/s1. The summed E-state index contributed by atoms with van der Waals surface area (Å²) in [6, 6.07) is 23.6. The third-order valence-corrected chi connectivity index (χ3v) is 9.39. The van der Waals surface area contributed by atoms with Gasteiger partial charge in [0.05, 0.1) is 16.5 Å². The van der Waals surface area contributed by atoms with Gasteiger partial charge in [0.15, 0.2) is 0 Å². The molecular formula is C31H37N5O2S. The number of piperazine rings is 1. The molecule has 8 heteroatoms. The molecule has 1 aliphatic rings. The summed E-state index contributed by atoms with van der Waals surface area (Å²) in [7, 11) is -3.52. The van der Waals surface area contributed by atoms with Gasteiger partial charge in [0.1, 0.15) is 11.6 Å². The van der Waals surface area contributed by atoms with Gasteiger partial charge < -0.3 is 5.32 Å². The largest absolute Gasteiger partial charge is 0.340 e. The highest BCUT2D eigenvalue weighted by molar-refractivity contribution is 7.89. The Balaban J connectivity index is 1.31. The van der Waals surface area contributed by atoms with E-state index >= 15 is 0 Å². The highest BCUT2D eigenvalue weighted by atomic mass is 32.2. The number of unbranched alkanes of at least 4 members (excludes halogenated alkanes) is 1. The van der Waals surface area contributed by atoms with Crippen molar-refractivity contribution in [2.45, 2.75) is 51.0 Å². The molecule has 204 valence electrons. The van der Waals surface area contributed by atoms with Crippen LogP contribution >= 0.6 is 0 Å². The maximum absolute atomic E-state index is 13.3. The molecule has 0 aliphatic carbocycles.